The van der Waals surface area contributed by atoms with Crippen molar-refractivity contribution in [3.05, 3.63) is 46.7 Å². The molecule has 7 nitrogen and oxygen atoms in total. The predicted octanol–water partition coefficient (Wildman–Crippen LogP) is 3.27. The van der Waals surface area contributed by atoms with E-state index >= 15 is 0 Å². The summed E-state index contributed by atoms with van der Waals surface area (Å²) in [6, 6.07) is 7.54. The van der Waals surface area contributed by atoms with E-state index < -0.39 is 6.17 Å². The number of hydrogen-bond donors (Lipinski definition) is 0. The number of fused-ring (bicyclic) bond motifs is 1. The van der Waals surface area contributed by atoms with E-state index in [0.717, 1.165) is 30.4 Å². The van der Waals surface area contributed by atoms with Gasteiger partial charge in [0.1, 0.15) is 5.75 Å². The molecule has 1 saturated heterocycles. The Balaban J connectivity index is 1.51. The summed E-state index contributed by atoms with van der Waals surface area (Å²) in [5.41, 5.74) is 1.69. The van der Waals surface area contributed by atoms with Gasteiger partial charge in [0.15, 0.2) is 18.1 Å². The lowest BCUT2D eigenvalue weighted by atomic mass is 10.2. The van der Waals surface area contributed by atoms with Crippen LogP contribution in [0.4, 0.5) is 5.69 Å². The number of methoxy groups -OCH3 is 1. The minimum atomic E-state index is -0.506. The molecule has 0 bridgehead atoms. The second-order valence-electron chi connectivity index (χ2n) is 6.55. The highest BCUT2D eigenvalue weighted by Gasteiger charge is 2.27. The standard InChI is InChI=1S/C19H19Cl2N5O2/c1-28-17-9-15(2-3-16(17)21)24-4-6-25(7-5-24)18(12-27)26-19-13(10-23-26)8-14(20)11-22-19/h2-3,8-12,18H,4-7H2,1H3. The maximum absolute atomic E-state index is 11.9. The molecule has 0 radical (unpaired) electrons. The van der Waals surface area contributed by atoms with Crippen LogP contribution in [0.1, 0.15) is 6.17 Å². The molecule has 1 aromatic carbocycles. The molecule has 146 valence electrons. The van der Waals surface area contributed by atoms with Crippen LogP contribution in [-0.4, -0.2) is 59.2 Å². The van der Waals surface area contributed by atoms with Gasteiger partial charge in [-0.25, -0.2) is 9.67 Å². The van der Waals surface area contributed by atoms with Crippen LogP contribution in [-0.2, 0) is 4.79 Å². The van der Waals surface area contributed by atoms with Crippen molar-refractivity contribution in [3.63, 3.8) is 0 Å². The van der Waals surface area contributed by atoms with Crippen molar-refractivity contribution in [1.82, 2.24) is 19.7 Å². The maximum Gasteiger partial charge on any atom is 0.162 e. The summed E-state index contributed by atoms with van der Waals surface area (Å²) in [4.78, 5) is 20.6. The van der Waals surface area contributed by atoms with Gasteiger partial charge in [0.05, 0.1) is 23.4 Å². The molecule has 3 aromatic rings. The fraction of sp³-hybridized carbons (Fsp3) is 0.316. The number of ether oxygens (including phenoxy) is 1. The molecule has 3 heterocycles. The summed E-state index contributed by atoms with van der Waals surface area (Å²) in [6.45, 7) is 2.97. The SMILES string of the molecule is COc1cc(N2CCN(C(C=O)n3ncc4cc(Cl)cnc43)CC2)ccc1Cl. The summed E-state index contributed by atoms with van der Waals surface area (Å²) < 4.78 is 6.96. The Morgan fingerprint density at radius 2 is 1.93 bits per heavy atom. The van der Waals surface area contributed by atoms with Crippen LogP contribution in [0.5, 0.6) is 5.75 Å². The molecule has 4 rings (SSSR count). The van der Waals surface area contributed by atoms with Gasteiger partial charge in [0.25, 0.3) is 0 Å². The summed E-state index contributed by atoms with van der Waals surface area (Å²) in [5, 5.41) is 6.31. The monoisotopic (exact) mass is 419 g/mol. The lowest BCUT2D eigenvalue weighted by Crippen LogP contribution is -2.49. The minimum absolute atomic E-state index is 0.506. The smallest absolute Gasteiger partial charge is 0.162 e. The number of carbonyl (C=O) groups excluding carboxylic acids is 1. The van der Waals surface area contributed by atoms with Gasteiger partial charge >= 0.3 is 0 Å². The van der Waals surface area contributed by atoms with E-state index in [2.05, 4.69) is 19.9 Å². The normalized spacial score (nSPS) is 16.3. The molecule has 2 aromatic heterocycles. The van der Waals surface area contributed by atoms with E-state index in [1.165, 1.54) is 0 Å². The first-order valence-corrected chi connectivity index (χ1v) is 9.63. The van der Waals surface area contributed by atoms with Crippen LogP contribution >= 0.6 is 23.2 Å². The molecule has 1 aliphatic heterocycles. The largest absolute Gasteiger partial charge is 0.495 e. The van der Waals surface area contributed by atoms with E-state index in [1.54, 1.807) is 30.3 Å². The number of nitrogens with zero attached hydrogens (tertiary/aromatic N) is 5. The Morgan fingerprint density at radius 1 is 1.14 bits per heavy atom. The Hall–Kier alpha value is -2.35. The number of anilines is 1. The number of pyridine rings is 1. The van der Waals surface area contributed by atoms with E-state index in [0.29, 0.717) is 34.5 Å². The maximum atomic E-state index is 11.9. The third-order valence-corrected chi connectivity index (χ3v) is 5.48. The highest BCUT2D eigenvalue weighted by atomic mass is 35.5. The number of aldehydes is 1. The fourth-order valence-electron chi connectivity index (χ4n) is 3.50. The van der Waals surface area contributed by atoms with Crippen molar-refractivity contribution in [2.45, 2.75) is 6.17 Å². The van der Waals surface area contributed by atoms with Crippen LogP contribution in [0.3, 0.4) is 0 Å². The van der Waals surface area contributed by atoms with Crippen LogP contribution < -0.4 is 9.64 Å². The molecular weight excluding hydrogens is 401 g/mol. The van der Waals surface area contributed by atoms with Crippen molar-refractivity contribution in [3.8, 4) is 5.75 Å². The number of rotatable bonds is 5. The summed E-state index contributed by atoms with van der Waals surface area (Å²) in [6.07, 6.45) is 3.65. The lowest BCUT2D eigenvalue weighted by molar-refractivity contribution is -0.115. The average molecular weight is 420 g/mol. The van der Waals surface area contributed by atoms with E-state index in [4.69, 9.17) is 27.9 Å². The molecular formula is C19H19Cl2N5O2. The molecule has 0 N–H and O–H groups in total. The zero-order valence-corrected chi connectivity index (χ0v) is 16.8. The number of halogens is 2. The summed E-state index contributed by atoms with van der Waals surface area (Å²) >= 11 is 12.1. The molecule has 9 heteroatoms. The second-order valence-corrected chi connectivity index (χ2v) is 7.39. The van der Waals surface area contributed by atoms with Crippen LogP contribution in [0.15, 0.2) is 36.7 Å². The minimum Gasteiger partial charge on any atom is -0.495 e. The van der Waals surface area contributed by atoms with Gasteiger partial charge in [-0.1, -0.05) is 23.2 Å². The Morgan fingerprint density at radius 3 is 2.64 bits per heavy atom. The van der Waals surface area contributed by atoms with E-state index in [9.17, 15) is 4.79 Å². The molecule has 1 unspecified atom stereocenters. The van der Waals surface area contributed by atoms with Gasteiger partial charge < -0.3 is 9.64 Å². The number of aromatic nitrogens is 3. The lowest BCUT2D eigenvalue weighted by Gasteiger charge is -2.38. The fourth-order valence-corrected chi connectivity index (χ4v) is 3.86. The van der Waals surface area contributed by atoms with E-state index in [-0.39, 0.29) is 0 Å². The summed E-state index contributed by atoms with van der Waals surface area (Å²) in [7, 11) is 1.60. The van der Waals surface area contributed by atoms with Gasteiger partial charge in [-0.15, -0.1) is 0 Å². The molecule has 0 aliphatic carbocycles. The van der Waals surface area contributed by atoms with Crippen LogP contribution in [0.25, 0.3) is 11.0 Å². The Bertz CT molecular complexity index is 1000. The van der Waals surface area contributed by atoms with Gasteiger partial charge in [-0.2, -0.15) is 5.10 Å². The van der Waals surface area contributed by atoms with Gasteiger partial charge in [-0.3, -0.25) is 9.69 Å². The first kappa shape index (κ1) is 19.0. The van der Waals surface area contributed by atoms with Crippen molar-refractivity contribution in [2.24, 2.45) is 0 Å². The molecule has 1 atom stereocenters. The van der Waals surface area contributed by atoms with E-state index in [1.807, 2.05) is 18.2 Å². The number of piperazine rings is 1. The molecule has 1 aliphatic rings. The van der Waals surface area contributed by atoms with Crippen LogP contribution in [0.2, 0.25) is 10.0 Å². The first-order chi connectivity index (χ1) is 13.6. The molecule has 1 fully saturated rings. The second kappa shape index (κ2) is 7.95. The summed E-state index contributed by atoms with van der Waals surface area (Å²) in [5.74, 6) is 0.653. The highest BCUT2D eigenvalue weighted by molar-refractivity contribution is 6.32. The molecule has 0 amide bonds. The van der Waals surface area contributed by atoms with Crippen LogP contribution in [0, 0.1) is 0 Å². The van der Waals surface area contributed by atoms with Gasteiger partial charge in [-0.05, 0) is 18.2 Å². The van der Waals surface area contributed by atoms with Crippen molar-refractivity contribution in [2.75, 3.05) is 38.2 Å². The number of benzene rings is 1. The van der Waals surface area contributed by atoms with Crippen molar-refractivity contribution in [1.29, 1.82) is 0 Å². The zero-order valence-electron chi connectivity index (χ0n) is 15.3. The number of carbonyl (C=O) groups is 1. The number of hydrogen-bond acceptors (Lipinski definition) is 6. The molecule has 28 heavy (non-hydrogen) atoms. The quantitative estimate of drug-likeness (QED) is 0.591. The molecule has 0 spiro atoms. The Labute approximate surface area is 172 Å². The van der Waals surface area contributed by atoms with Crippen molar-refractivity contribution >= 4 is 46.2 Å². The topological polar surface area (TPSA) is 63.5 Å². The van der Waals surface area contributed by atoms with Gasteiger partial charge in [0, 0.05) is 49.5 Å². The van der Waals surface area contributed by atoms with Crippen molar-refractivity contribution < 1.29 is 9.53 Å². The predicted molar refractivity (Wildman–Crippen MR) is 109 cm³/mol. The first-order valence-electron chi connectivity index (χ1n) is 8.87. The third-order valence-electron chi connectivity index (χ3n) is 4.96. The van der Waals surface area contributed by atoms with Gasteiger partial charge in [0.2, 0.25) is 0 Å². The highest BCUT2D eigenvalue weighted by Crippen LogP contribution is 2.30. The Kier molecular flexibility index (Phi) is 5.39. The average Bonchev–Trinajstić information content (AvgIpc) is 3.12. The zero-order chi connectivity index (χ0) is 19.7. The third kappa shape index (κ3) is 3.53. The molecule has 0 saturated carbocycles.